The summed E-state index contributed by atoms with van der Waals surface area (Å²) in [6.45, 7) is 0. The number of aromatic nitrogens is 3. The third-order valence-electron chi connectivity index (χ3n) is 1.54. The van der Waals surface area contributed by atoms with Gasteiger partial charge in [0.05, 0.1) is 6.20 Å². The first-order valence-corrected chi connectivity index (χ1v) is 4.91. The Labute approximate surface area is 94.5 Å². The summed E-state index contributed by atoms with van der Waals surface area (Å²) in [5.74, 6) is 0.908. The standard InChI is InChI=1S/C9H7BrN4O/c10-7-4-8(11)14-9(13-7)15-6-2-1-3-12-5-6/h1-5H,(H2,11,13,14). The first-order valence-electron chi connectivity index (χ1n) is 4.12. The molecule has 2 N–H and O–H groups in total. The number of nitrogen functional groups attached to an aromatic ring is 1. The van der Waals surface area contributed by atoms with Gasteiger partial charge in [0.25, 0.3) is 0 Å². The normalized spacial score (nSPS) is 9.93. The van der Waals surface area contributed by atoms with Crippen molar-refractivity contribution in [3.63, 3.8) is 0 Å². The van der Waals surface area contributed by atoms with Crippen molar-refractivity contribution in [1.29, 1.82) is 0 Å². The highest BCUT2D eigenvalue weighted by Crippen LogP contribution is 2.19. The highest BCUT2D eigenvalue weighted by Gasteiger charge is 2.03. The van der Waals surface area contributed by atoms with Gasteiger partial charge < -0.3 is 10.5 Å². The van der Waals surface area contributed by atoms with Crippen LogP contribution in [0.3, 0.4) is 0 Å². The third-order valence-corrected chi connectivity index (χ3v) is 1.94. The summed E-state index contributed by atoms with van der Waals surface area (Å²) in [4.78, 5) is 11.8. The number of nitrogens with zero attached hydrogens (tertiary/aromatic N) is 3. The smallest absolute Gasteiger partial charge is 0.325 e. The summed E-state index contributed by atoms with van der Waals surface area (Å²) in [5, 5.41) is 0. The van der Waals surface area contributed by atoms with E-state index in [4.69, 9.17) is 10.5 Å². The molecule has 0 atom stereocenters. The zero-order valence-electron chi connectivity index (χ0n) is 7.59. The summed E-state index contributed by atoms with van der Waals surface area (Å²) >= 11 is 3.20. The van der Waals surface area contributed by atoms with Gasteiger partial charge in [0, 0.05) is 12.3 Å². The van der Waals surface area contributed by atoms with Crippen LogP contribution in [-0.4, -0.2) is 15.0 Å². The SMILES string of the molecule is Nc1cc(Br)nc(Oc2cccnc2)n1. The summed E-state index contributed by atoms with van der Waals surface area (Å²) in [5.41, 5.74) is 5.54. The Morgan fingerprint density at radius 1 is 1.33 bits per heavy atom. The van der Waals surface area contributed by atoms with E-state index in [1.54, 1.807) is 30.6 Å². The van der Waals surface area contributed by atoms with Crippen molar-refractivity contribution in [3.05, 3.63) is 35.2 Å². The maximum absolute atomic E-state index is 5.54. The molecule has 2 heterocycles. The monoisotopic (exact) mass is 266 g/mol. The van der Waals surface area contributed by atoms with Crippen molar-refractivity contribution in [2.45, 2.75) is 0 Å². The van der Waals surface area contributed by atoms with E-state index in [2.05, 4.69) is 30.9 Å². The van der Waals surface area contributed by atoms with Gasteiger partial charge >= 0.3 is 6.01 Å². The number of nitrogens with two attached hydrogens (primary N) is 1. The quantitative estimate of drug-likeness (QED) is 0.842. The first kappa shape index (κ1) is 9.85. The van der Waals surface area contributed by atoms with Crippen molar-refractivity contribution in [3.8, 4) is 11.8 Å². The minimum Gasteiger partial charge on any atom is -0.423 e. The van der Waals surface area contributed by atoms with Gasteiger partial charge in [-0.15, -0.1) is 0 Å². The Kier molecular flexibility index (Phi) is 2.77. The Hall–Kier alpha value is -1.69. The van der Waals surface area contributed by atoms with E-state index >= 15 is 0 Å². The molecule has 2 aromatic rings. The van der Waals surface area contributed by atoms with Crippen LogP contribution in [-0.2, 0) is 0 Å². The molecule has 0 spiro atoms. The van der Waals surface area contributed by atoms with Crippen LogP contribution < -0.4 is 10.5 Å². The van der Waals surface area contributed by atoms with Gasteiger partial charge in [-0.05, 0) is 28.1 Å². The second-order valence-corrected chi connectivity index (χ2v) is 3.50. The third kappa shape index (κ3) is 2.63. The predicted octanol–water partition coefficient (Wildman–Crippen LogP) is 2.01. The fourth-order valence-corrected chi connectivity index (χ4v) is 1.36. The molecule has 6 heteroatoms. The second kappa shape index (κ2) is 4.22. The lowest BCUT2D eigenvalue weighted by molar-refractivity contribution is 0.439. The van der Waals surface area contributed by atoms with Crippen LogP contribution in [0.4, 0.5) is 5.82 Å². The maximum Gasteiger partial charge on any atom is 0.325 e. The summed E-state index contributed by atoms with van der Waals surface area (Å²) in [6, 6.07) is 5.30. The number of pyridine rings is 1. The minimum atomic E-state index is 0.190. The Balaban J connectivity index is 2.25. The number of ether oxygens (including phenoxy) is 1. The molecule has 0 radical (unpaired) electrons. The van der Waals surface area contributed by atoms with Crippen molar-refractivity contribution in [2.24, 2.45) is 0 Å². The molecule has 0 unspecified atom stereocenters. The number of rotatable bonds is 2. The van der Waals surface area contributed by atoms with Crippen molar-refractivity contribution >= 4 is 21.7 Å². The van der Waals surface area contributed by atoms with Crippen LogP contribution in [0.15, 0.2) is 35.2 Å². The lowest BCUT2D eigenvalue weighted by Crippen LogP contribution is -1.97. The summed E-state index contributed by atoms with van der Waals surface area (Å²) in [6.07, 6.45) is 3.23. The molecule has 76 valence electrons. The molecule has 0 bridgehead atoms. The number of hydrogen-bond donors (Lipinski definition) is 1. The predicted molar refractivity (Wildman–Crippen MR) is 58.5 cm³/mol. The topological polar surface area (TPSA) is 73.9 Å². The number of hydrogen-bond acceptors (Lipinski definition) is 5. The number of anilines is 1. The van der Waals surface area contributed by atoms with Gasteiger partial charge in [-0.25, -0.2) is 0 Å². The van der Waals surface area contributed by atoms with E-state index in [1.165, 1.54) is 0 Å². The fraction of sp³-hybridized carbons (Fsp3) is 0. The van der Waals surface area contributed by atoms with E-state index < -0.39 is 0 Å². The highest BCUT2D eigenvalue weighted by molar-refractivity contribution is 9.10. The lowest BCUT2D eigenvalue weighted by Gasteiger charge is -2.03. The fourth-order valence-electron chi connectivity index (χ4n) is 0.972. The Morgan fingerprint density at radius 3 is 2.87 bits per heavy atom. The molecule has 0 aliphatic rings. The van der Waals surface area contributed by atoms with Crippen LogP contribution in [0.2, 0.25) is 0 Å². The Morgan fingerprint density at radius 2 is 2.20 bits per heavy atom. The molecular formula is C9H7BrN4O. The average molecular weight is 267 g/mol. The molecule has 5 nitrogen and oxygen atoms in total. The zero-order valence-corrected chi connectivity index (χ0v) is 9.18. The summed E-state index contributed by atoms with van der Waals surface area (Å²) in [7, 11) is 0. The van der Waals surface area contributed by atoms with Crippen molar-refractivity contribution in [2.75, 3.05) is 5.73 Å². The summed E-state index contributed by atoms with van der Waals surface area (Å²) < 4.78 is 5.92. The molecule has 0 saturated carbocycles. The first-order chi connectivity index (χ1) is 7.24. The van der Waals surface area contributed by atoms with E-state index in [0.717, 1.165) is 0 Å². The maximum atomic E-state index is 5.54. The van der Waals surface area contributed by atoms with E-state index in [1.807, 2.05) is 0 Å². The van der Waals surface area contributed by atoms with Gasteiger partial charge in [0.1, 0.15) is 16.2 Å². The largest absolute Gasteiger partial charge is 0.423 e. The molecule has 0 aromatic carbocycles. The van der Waals surface area contributed by atoms with Crippen molar-refractivity contribution < 1.29 is 4.74 Å². The molecule has 2 aromatic heterocycles. The minimum absolute atomic E-state index is 0.190. The van der Waals surface area contributed by atoms with Crippen LogP contribution in [0.25, 0.3) is 0 Å². The molecule has 0 amide bonds. The van der Waals surface area contributed by atoms with Gasteiger partial charge in [-0.2, -0.15) is 9.97 Å². The van der Waals surface area contributed by atoms with Crippen molar-refractivity contribution in [1.82, 2.24) is 15.0 Å². The highest BCUT2D eigenvalue weighted by atomic mass is 79.9. The number of halogens is 1. The van der Waals surface area contributed by atoms with E-state index in [-0.39, 0.29) is 6.01 Å². The van der Waals surface area contributed by atoms with Gasteiger partial charge in [-0.3, -0.25) is 4.98 Å². The van der Waals surface area contributed by atoms with Gasteiger partial charge in [0.2, 0.25) is 0 Å². The molecule has 0 aliphatic heterocycles. The van der Waals surface area contributed by atoms with Crippen LogP contribution in [0, 0.1) is 0 Å². The molecule has 15 heavy (non-hydrogen) atoms. The Bertz CT molecular complexity index is 443. The van der Waals surface area contributed by atoms with E-state index in [0.29, 0.717) is 16.2 Å². The zero-order chi connectivity index (χ0) is 10.7. The van der Waals surface area contributed by atoms with Gasteiger partial charge in [0.15, 0.2) is 0 Å². The molecule has 0 fully saturated rings. The molecule has 2 rings (SSSR count). The average Bonchev–Trinajstić information content (AvgIpc) is 2.17. The van der Waals surface area contributed by atoms with Crippen LogP contribution >= 0.6 is 15.9 Å². The van der Waals surface area contributed by atoms with Crippen LogP contribution in [0.1, 0.15) is 0 Å². The molecule has 0 saturated heterocycles. The molecular weight excluding hydrogens is 260 g/mol. The second-order valence-electron chi connectivity index (χ2n) is 2.69. The van der Waals surface area contributed by atoms with Crippen LogP contribution in [0.5, 0.6) is 11.8 Å². The van der Waals surface area contributed by atoms with E-state index in [9.17, 15) is 0 Å². The lowest BCUT2D eigenvalue weighted by atomic mass is 10.5. The van der Waals surface area contributed by atoms with Gasteiger partial charge in [-0.1, -0.05) is 0 Å². The molecule has 0 aliphatic carbocycles.